The van der Waals surface area contributed by atoms with Crippen molar-refractivity contribution in [2.24, 2.45) is 0 Å². The Hall–Kier alpha value is -10.9. The summed E-state index contributed by atoms with van der Waals surface area (Å²) in [5.74, 6) is -4.63. The summed E-state index contributed by atoms with van der Waals surface area (Å²) in [6.07, 6.45) is -0.267. The third kappa shape index (κ3) is 18.4. The average Bonchev–Trinajstić information content (AvgIpc) is 0.794. The van der Waals surface area contributed by atoms with Crippen LogP contribution in [0.5, 0.6) is 23.0 Å². The van der Waals surface area contributed by atoms with Crippen molar-refractivity contribution in [1.29, 1.82) is 0 Å². The molecule has 0 fully saturated rings. The first-order chi connectivity index (χ1) is 48.8. The second kappa shape index (κ2) is 31.6. The molecule has 0 aliphatic rings. The number of rotatable bonds is 22. The Morgan fingerprint density at radius 1 is 0.447 bits per heavy atom. The van der Waals surface area contributed by atoms with E-state index in [1.165, 1.54) is 97.5 Å². The molecule has 0 bridgehead atoms. The Kier molecular flexibility index (Phi) is 22.9. The van der Waals surface area contributed by atoms with Crippen LogP contribution in [0.3, 0.4) is 0 Å². The van der Waals surface area contributed by atoms with Crippen molar-refractivity contribution in [2.75, 3.05) is 31.4 Å². The number of aromatic hydroxyl groups is 3. The third-order valence-electron chi connectivity index (χ3n) is 14.8. The number of carboxylic acids is 3. The standard InChI is InChI=1S/C26H24N2O6S2.C23H17FN2O5S2.C22H15F3N2O5S2/c1-16(2)34-19-8-3-6-17(12-19)18-7-4-9-20(13-18)36(32,33)28-22-14-23(35-15-24(29)30)26(31)21-10-5-11-27-25(21)22;24-16-7-3-14(4-8-16)15-5-9-17(10-6-15)33(30,31)26-19-12-20(32-13-21(27)28)23(29)22-18(19)2-1-11-25-22;23-22(24,25)14-5-3-12-4-6-15(9-13(12)8-14)34(31,32)27-17-10-18(33-11-19(28)29)21(30)20-16(17)2-1-7-26-20/h3-14,16,28,31H,15H2,1-2H3,(H,29,30);1-12,26,29H,13H2,(H,27,28);1-10,27,30H,11H2,(H,28,29). The molecule has 0 spiro atoms. The minimum atomic E-state index is -4.58. The minimum absolute atomic E-state index is 0.00165. The van der Waals surface area contributed by atoms with Gasteiger partial charge in [-0.2, -0.15) is 13.2 Å². The summed E-state index contributed by atoms with van der Waals surface area (Å²) in [5.41, 5.74) is 2.82. The quantitative estimate of drug-likeness (QED) is 0.0173. The summed E-state index contributed by atoms with van der Waals surface area (Å²) < 4.78 is 145. The first-order valence-corrected chi connectivity index (χ1v) is 37.5. The number of ether oxygens (including phenoxy) is 1. The molecule has 9 N–H and O–H groups in total. The highest BCUT2D eigenvalue weighted by Crippen LogP contribution is 2.44. The van der Waals surface area contributed by atoms with Crippen LogP contribution in [0.2, 0.25) is 0 Å². The van der Waals surface area contributed by atoms with E-state index < -0.39 is 59.7 Å². The number of phenolic OH excluding ortho intramolecular Hbond substituents is 3. The number of pyridine rings is 3. The van der Waals surface area contributed by atoms with Gasteiger partial charge in [-0.15, -0.1) is 35.3 Å². The lowest BCUT2D eigenvalue weighted by Crippen LogP contribution is -2.13. The Labute approximate surface area is 597 Å². The maximum Gasteiger partial charge on any atom is 0.416 e. The number of thioether (sulfide) groups is 3. The first-order valence-electron chi connectivity index (χ1n) is 30.1. The van der Waals surface area contributed by atoms with Crippen LogP contribution in [-0.2, 0) is 50.6 Å². The number of benzene rings is 9. The summed E-state index contributed by atoms with van der Waals surface area (Å²) in [5, 5.41) is 59.9. The Morgan fingerprint density at radius 3 is 1.39 bits per heavy atom. The summed E-state index contributed by atoms with van der Waals surface area (Å²) in [7, 11) is -12.3. The molecule has 0 amide bonds. The molecule has 3 aromatic heterocycles. The molecule has 32 heteroatoms. The van der Waals surface area contributed by atoms with Gasteiger partial charge >= 0.3 is 24.1 Å². The zero-order valence-corrected chi connectivity index (χ0v) is 58.3. The zero-order chi connectivity index (χ0) is 74.1. The fourth-order valence-electron chi connectivity index (χ4n) is 10.1. The predicted molar refractivity (Wildman–Crippen MR) is 386 cm³/mol. The number of carbonyl (C=O) groups is 3. The zero-order valence-electron chi connectivity index (χ0n) is 53.4. The van der Waals surface area contributed by atoms with E-state index >= 15 is 0 Å². The number of nitrogens with one attached hydrogen (secondary N) is 3. The van der Waals surface area contributed by atoms with Crippen molar-refractivity contribution >= 4 is 144 Å². The summed E-state index contributed by atoms with van der Waals surface area (Å²) >= 11 is 2.52. The third-order valence-corrected chi connectivity index (χ3v) is 21.9. The molecule has 3 heterocycles. The van der Waals surface area contributed by atoms with Crippen molar-refractivity contribution in [3.8, 4) is 45.3 Å². The molecule has 12 aromatic rings. The first kappa shape index (κ1) is 74.8. The second-order valence-electron chi connectivity index (χ2n) is 22.4. The number of nitrogens with zero attached hydrogens (tertiary/aromatic N) is 3. The molecule has 12 rings (SSSR count). The van der Waals surface area contributed by atoms with Gasteiger partial charge in [-0.1, -0.05) is 60.7 Å². The molecule has 0 atom stereocenters. The van der Waals surface area contributed by atoms with Crippen molar-refractivity contribution in [1.82, 2.24) is 15.0 Å². The number of carboxylic acid groups (broad SMARTS) is 3. The Morgan fingerprint density at radius 2 is 0.874 bits per heavy atom. The van der Waals surface area contributed by atoms with Gasteiger partial charge in [0.05, 0.1) is 80.9 Å². The second-order valence-corrected chi connectivity index (χ2v) is 30.4. The van der Waals surface area contributed by atoms with E-state index in [-0.39, 0.29) is 120 Å². The molecule has 0 unspecified atom stereocenters. The number of halogens is 4. The van der Waals surface area contributed by atoms with E-state index in [0.29, 0.717) is 27.5 Å². The predicted octanol–water partition coefficient (Wildman–Crippen LogP) is 15.2. The number of aliphatic carboxylic acids is 3. The van der Waals surface area contributed by atoms with Gasteiger partial charge in [-0.05, 0) is 174 Å². The lowest BCUT2D eigenvalue weighted by atomic mass is 10.1. The number of anilines is 3. The average molecular weight is 1520 g/mol. The number of fused-ring (bicyclic) bond motifs is 4. The summed E-state index contributed by atoms with van der Waals surface area (Å²) in [6, 6.07) is 46.2. The van der Waals surface area contributed by atoms with Gasteiger partial charge in [0.25, 0.3) is 30.1 Å². The topological polar surface area (TPSA) is 359 Å². The van der Waals surface area contributed by atoms with Crippen molar-refractivity contribution in [3.05, 3.63) is 218 Å². The maximum absolute atomic E-state index is 13.4. The minimum Gasteiger partial charge on any atom is -0.506 e. The van der Waals surface area contributed by atoms with Crippen LogP contribution in [0, 0.1) is 5.82 Å². The van der Waals surface area contributed by atoms with Crippen LogP contribution in [0.1, 0.15) is 19.4 Å². The van der Waals surface area contributed by atoms with Gasteiger partial charge in [0.1, 0.15) is 28.3 Å². The van der Waals surface area contributed by atoms with Crippen LogP contribution in [-0.4, -0.2) is 112 Å². The van der Waals surface area contributed by atoms with Crippen LogP contribution >= 0.6 is 35.3 Å². The van der Waals surface area contributed by atoms with Crippen molar-refractivity contribution in [3.63, 3.8) is 0 Å². The fourth-order valence-corrected chi connectivity index (χ4v) is 15.6. The molecule has 0 saturated carbocycles. The van der Waals surface area contributed by atoms with Crippen molar-refractivity contribution < 1.29 is 92.6 Å². The van der Waals surface area contributed by atoms with Gasteiger partial charge in [-0.25, -0.2) is 29.6 Å². The lowest BCUT2D eigenvalue weighted by Gasteiger charge is -2.15. The maximum atomic E-state index is 13.4. The van der Waals surface area contributed by atoms with Crippen LogP contribution in [0.25, 0.3) is 65.7 Å². The number of alkyl halides is 3. The van der Waals surface area contributed by atoms with E-state index in [9.17, 15) is 72.5 Å². The van der Waals surface area contributed by atoms with Gasteiger partial charge < -0.3 is 35.4 Å². The normalized spacial score (nSPS) is 11.7. The number of sulfonamides is 3. The molecule has 103 heavy (non-hydrogen) atoms. The molecule has 22 nitrogen and oxygen atoms in total. The van der Waals surface area contributed by atoms with Gasteiger partial charge in [0.2, 0.25) is 0 Å². The smallest absolute Gasteiger partial charge is 0.416 e. The SMILES string of the molecule is CC(C)Oc1cccc(-c2cccc(S(=O)(=O)Nc3cc(SCC(=O)O)c(O)c4cccnc34)c2)c1.O=C(O)CSc1cc(NS(=O)(=O)c2ccc(-c3ccc(F)cc3)cc2)c2cccnc2c1O.O=C(O)CSc1cc(NS(=O)(=O)c2ccc3ccc(C(F)(F)F)cc3c2)c2cccnc2c1O. The molecule has 0 radical (unpaired) electrons. The molecule has 9 aromatic carbocycles. The molecule has 0 aliphatic carbocycles. The monoisotopic (exact) mass is 1520 g/mol. The summed E-state index contributed by atoms with van der Waals surface area (Å²) in [4.78, 5) is 45.6. The Bertz CT molecular complexity index is 5610. The molecule has 0 aliphatic heterocycles. The van der Waals surface area contributed by atoms with Crippen molar-refractivity contribution in [2.45, 2.75) is 55.5 Å². The molecule has 0 saturated heterocycles. The highest BCUT2D eigenvalue weighted by Gasteiger charge is 2.31. The largest absolute Gasteiger partial charge is 0.506 e. The molecular weight excluding hydrogens is 1460 g/mol. The van der Waals surface area contributed by atoms with E-state index in [4.69, 9.17) is 20.1 Å². The fraction of sp³-hybridized carbons (Fsp3) is 0.0986. The molecule has 530 valence electrons. The number of phenols is 3. The Balaban J connectivity index is 0.000000166. The highest BCUT2D eigenvalue weighted by molar-refractivity contribution is 8.00. The van der Waals surface area contributed by atoms with Crippen LogP contribution < -0.4 is 18.9 Å². The molecular formula is C71H56F4N6O16S6. The number of hydrogen-bond donors (Lipinski definition) is 9. The van der Waals surface area contributed by atoms with Crippen LogP contribution in [0.4, 0.5) is 34.6 Å². The van der Waals surface area contributed by atoms with Crippen LogP contribution in [0.15, 0.2) is 236 Å². The van der Waals surface area contributed by atoms with Gasteiger partial charge in [0, 0.05) is 34.7 Å². The highest BCUT2D eigenvalue weighted by atomic mass is 32.2. The number of aromatic nitrogens is 3. The number of hydrogen-bond acceptors (Lipinski definition) is 19. The van der Waals surface area contributed by atoms with E-state index in [1.807, 2.05) is 44.2 Å². The summed E-state index contributed by atoms with van der Waals surface area (Å²) in [6.45, 7) is 3.86. The van der Waals surface area contributed by atoms with Gasteiger partial charge in [-0.3, -0.25) is 43.5 Å². The van der Waals surface area contributed by atoms with E-state index in [1.54, 1.807) is 60.7 Å². The van der Waals surface area contributed by atoms with E-state index in [0.717, 1.165) is 70.2 Å². The lowest BCUT2D eigenvalue weighted by molar-refractivity contribution is -0.137. The van der Waals surface area contributed by atoms with E-state index in [2.05, 4.69) is 29.1 Å². The van der Waals surface area contributed by atoms with Gasteiger partial charge in [0.15, 0.2) is 11.5 Å².